The van der Waals surface area contributed by atoms with E-state index in [-0.39, 0.29) is 11.1 Å². The van der Waals surface area contributed by atoms with Crippen LogP contribution in [0.4, 0.5) is 0 Å². The molecular formula is C13H26NO. The number of rotatable bonds is 7. The zero-order chi connectivity index (χ0) is 12.1. The van der Waals surface area contributed by atoms with Crippen molar-refractivity contribution in [3.63, 3.8) is 0 Å². The van der Waals surface area contributed by atoms with Crippen LogP contribution >= 0.6 is 0 Å². The van der Waals surface area contributed by atoms with Crippen molar-refractivity contribution in [3.8, 4) is 0 Å². The second kappa shape index (κ2) is 5.53. The van der Waals surface area contributed by atoms with E-state index in [0.717, 1.165) is 25.7 Å². The summed E-state index contributed by atoms with van der Waals surface area (Å²) >= 11 is 0. The molecule has 0 N–H and O–H groups in total. The zero-order valence-corrected chi connectivity index (χ0v) is 11.2. The van der Waals surface area contributed by atoms with E-state index in [2.05, 4.69) is 48.0 Å². The molecule has 0 saturated carbocycles. The Morgan fingerprint density at radius 3 is 1.27 bits per heavy atom. The van der Waals surface area contributed by atoms with Gasteiger partial charge in [0.1, 0.15) is 0 Å². The van der Waals surface area contributed by atoms with Crippen molar-refractivity contribution in [2.75, 3.05) is 0 Å². The number of nitrogens with zero attached hydrogens (tertiary/aromatic N) is 1. The van der Waals surface area contributed by atoms with Crippen molar-refractivity contribution in [1.29, 1.82) is 0 Å². The highest BCUT2D eigenvalue weighted by Gasteiger charge is 2.38. The van der Waals surface area contributed by atoms with Crippen LogP contribution in [0.2, 0.25) is 0 Å². The van der Waals surface area contributed by atoms with Crippen molar-refractivity contribution < 1.29 is 4.79 Å². The van der Waals surface area contributed by atoms with E-state index < -0.39 is 0 Å². The summed E-state index contributed by atoms with van der Waals surface area (Å²) in [6.07, 6.45) is 6.09. The summed E-state index contributed by atoms with van der Waals surface area (Å²) in [5, 5.41) is 0. The molecule has 0 fully saturated rings. The minimum Gasteiger partial charge on any atom is -0.324 e. The molecule has 0 heterocycles. The molecule has 0 aliphatic carbocycles. The summed E-state index contributed by atoms with van der Waals surface area (Å²) < 4.78 is 0. The fourth-order valence-corrected chi connectivity index (χ4v) is 2.00. The largest absolute Gasteiger partial charge is 0.324 e. The van der Waals surface area contributed by atoms with Gasteiger partial charge in [-0.3, -0.25) is 4.79 Å². The molecule has 15 heavy (non-hydrogen) atoms. The van der Waals surface area contributed by atoms with E-state index in [1.54, 1.807) is 0 Å². The van der Waals surface area contributed by atoms with Crippen LogP contribution in [0.3, 0.4) is 0 Å². The normalized spacial score (nSPS) is 12.7. The molecule has 2 heteroatoms. The standard InChI is InChI=1S/C13H26NO/c1-7-12(5,8-2)14(11-15)13(6,9-3)10-4/h7-10H2,1-6H3. The lowest BCUT2D eigenvalue weighted by atomic mass is 9.84. The molecule has 0 aliphatic heterocycles. The summed E-state index contributed by atoms with van der Waals surface area (Å²) in [5.74, 6) is 0. The van der Waals surface area contributed by atoms with E-state index in [1.165, 1.54) is 0 Å². The van der Waals surface area contributed by atoms with Crippen LogP contribution in [0.25, 0.3) is 0 Å². The molecule has 0 unspecified atom stereocenters. The summed E-state index contributed by atoms with van der Waals surface area (Å²) in [7, 11) is 0. The minimum absolute atomic E-state index is 0.0531. The van der Waals surface area contributed by atoms with E-state index in [9.17, 15) is 4.79 Å². The van der Waals surface area contributed by atoms with Crippen LogP contribution in [-0.2, 0) is 4.79 Å². The van der Waals surface area contributed by atoms with Gasteiger partial charge in [-0.05, 0) is 39.5 Å². The fraction of sp³-hybridized carbons (Fsp3) is 0.923. The summed E-state index contributed by atoms with van der Waals surface area (Å²) in [5.41, 5.74) is -0.106. The minimum atomic E-state index is -0.0531. The summed E-state index contributed by atoms with van der Waals surface area (Å²) in [6.45, 7) is 12.9. The first-order chi connectivity index (χ1) is 6.94. The third kappa shape index (κ3) is 2.73. The van der Waals surface area contributed by atoms with Crippen LogP contribution in [0.1, 0.15) is 67.2 Å². The quantitative estimate of drug-likeness (QED) is 0.591. The third-order valence-electron chi connectivity index (χ3n) is 4.22. The highest BCUT2D eigenvalue weighted by molar-refractivity contribution is 5.51. The van der Waals surface area contributed by atoms with Gasteiger partial charge in [-0.25, -0.2) is 0 Å². The molecule has 0 aromatic rings. The summed E-state index contributed by atoms with van der Waals surface area (Å²) in [4.78, 5) is 13.2. The Balaban J connectivity index is 5.11. The number of hydrogen-bond donors (Lipinski definition) is 0. The van der Waals surface area contributed by atoms with Crippen LogP contribution in [0.15, 0.2) is 0 Å². The Labute approximate surface area is 95.0 Å². The molecule has 0 bridgehead atoms. The molecule has 1 radical (unpaired) electrons. The van der Waals surface area contributed by atoms with Gasteiger partial charge in [-0.15, -0.1) is 0 Å². The molecule has 0 aromatic carbocycles. The Kier molecular flexibility index (Phi) is 5.33. The molecule has 0 spiro atoms. The van der Waals surface area contributed by atoms with Gasteiger partial charge in [-0.2, -0.15) is 0 Å². The van der Waals surface area contributed by atoms with Crippen LogP contribution < -0.4 is 0 Å². The third-order valence-corrected chi connectivity index (χ3v) is 4.22. The predicted molar refractivity (Wildman–Crippen MR) is 65.5 cm³/mol. The maximum Gasteiger partial charge on any atom is 0.313 e. The van der Waals surface area contributed by atoms with E-state index in [1.807, 2.05) is 4.90 Å². The Bertz CT molecular complexity index is 175. The van der Waals surface area contributed by atoms with Gasteiger partial charge in [0.15, 0.2) is 0 Å². The molecule has 0 rings (SSSR count). The van der Waals surface area contributed by atoms with Crippen molar-refractivity contribution in [1.82, 2.24) is 4.90 Å². The van der Waals surface area contributed by atoms with Gasteiger partial charge in [-0.1, -0.05) is 27.7 Å². The molecule has 0 saturated heterocycles. The summed E-state index contributed by atoms with van der Waals surface area (Å²) in [6, 6.07) is 0. The van der Waals surface area contributed by atoms with Gasteiger partial charge in [0, 0.05) is 11.1 Å². The van der Waals surface area contributed by atoms with Gasteiger partial charge in [0.25, 0.3) is 0 Å². The highest BCUT2D eigenvalue weighted by Crippen LogP contribution is 2.33. The average Bonchev–Trinajstić information content (AvgIpc) is 2.29. The van der Waals surface area contributed by atoms with Crippen molar-refractivity contribution in [2.24, 2.45) is 0 Å². The molecular weight excluding hydrogens is 186 g/mol. The SMILES string of the molecule is CCC(C)(CC)N([C]=O)C(C)(CC)CC. The number of amides is 1. The number of carbonyl (C=O) groups excluding carboxylic acids is 1. The van der Waals surface area contributed by atoms with Crippen LogP contribution in [0, 0.1) is 0 Å². The fourth-order valence-electron chi connectivity index (χ4n) is 2.00. The number of hydrogen-bond acceptors (Lipinski definition) is 1. The first kappa shape index (κ1) is 14.5. The molecule has 0 aromatic heterocycles. The molecule has 1 amide bonds. The Morgan fingerprint density at radius 2 is 1.13 bits per heavy atom. The maximum atomic E-state index is 11.2. The molecule has 89 valence electrons. The Morgan fingerprint density at radius 1 is 0.867 bits per heavy atom. The Hall–Kier alpha value is -0.530. The topological polar surface area (TPSA) is 20.3 Å². The zero-order valence-electron chi connectivity index (χ0n) is 11.2. The second-order valence-corrected chi connectivity index (χ2v) is 4.83. The molecule has 2 nitrogen and oxygen atoms in total. The van der Waals surface area contributed by atoms with Gasteiger partial charge in [0.2, 0.25) is 0 Å². The van der Waals surface area contributed by atoms with Gasteiger partial charge >= 0.3 is 6.41 Å². The lowest BCUT2D eigenvalue weighted by molar-refractivity contribution is 0.0534. The van der Waals surface area contributed by atoms with Gasteiger partial charge in [0.05, 0.1) is 0 Å². The molecule has 0 aliphatic rings. The molecule has 0 atom stereocenters. The maximum absolute atomic E-state index is 11.2. The lowest BCUT2D eigenvalue weighted by Crippen LogP contribution is -2.56. The smallest absolute Gasteiger partial charge is 0.313 e. The van der Waals surface area contributed by atoms with Crippen LogP contribution in [0.5, 0.6) is 0 Å². The predicted octanol–water partition coefficient (Wildman–Crippen LogP) is 3.51. The van der Waals surface area contributed by atoms with Crippen LogP contribution in [-0.4, -0.2) is 22.4 Å². The van der Waals surface area contributed by atoms with Crippen molar-refractivity contribution in [3.05, 3.63) is 0 Å². The van der Waals surface area contributed by atoms with E-state index in [4.69, 9.17) is 0 Å². The first-order valence-electron chi connectivity index (χ1n) is 6.12. The van der Waals surface area contributed by atoms with Gasteiger partial charge < -0.3 is 4.90 Å². The highest BCUT2D eigenvalue weighted by atomic mass is 16.1. The van der Waals surface area contributed by atoms with E-state index >= 15 is 0 Å². The van der Waals surface area contributed by atoms with E-state index in [0.29, 0.717) is 0 Å². The average molecular weight is 212 g/mol. The lowest BCUT2D eigenvalue weighted by Gasteiger charge is -2.48. The van der Waals surface area contributed by atoms with Crippen molar-refractivity contribution in [2.45, 2.75) is 78.3 Å². The first-order valence-corrected chi connectivity index (χ1v) is 6.12. The second-order valence-electron chi connectivity index (χ2n) is 4.83. The monoisotopic (exact) mass is 212 g/mol. The van der Waals surface area contributed by atoms with Crippen molar-refractivity contribution >= 4 is 6.41 Å².